The monoisotopic (exact) mass is 259 g/mol. The number of carbonyl (C=O) groups is 2. The van der Waals surface area contributed by atoms with E-state index in [1.54, 1.807) is 0 Å². The van der Waals surface area contributed by atoms with E-state index in [2.05, 4.69) is 9.46 Å². The number of carbonyl (C=O) groups excluding carboxylic acids is 1. The van der Waals surface area contributed by atoms with Gasteiger partial charge in [-0.15, -0.1) is 0 Å². The third-order valence-corrected chi connectivity index (χ3v) is 3.21. The van der Waals surface area contributed by atoms with Gasteiger partial charge in [0.1, 0.15) is 0 Å². The van der Waals surface area contributed by atoms with E-state index in [1.165, 1.54) is 10.8 Å². The van der Waals surface area contributed by atoms with Gasteiger partial charge in [-0.1, -0.05) is 41.1 Å². The first-order chi connectivity index (χ1) is 7.68. The average molecular weight is 259 g/mol. The summed E-state index contributed by atoms with van der Waals surface area (Å²) >= 11 is 0. The van der Waals surface area contributed by atoms with Crippen molar-refractivity contribution in [3.8, 4) is 0 Å². The van der Waals surface area contributed by atoms with Crippen LogP contribution in [0.5, 0.6) is 0 Å². The first kappa shape index (κ1) is 12.7. The molecular formula is C9H9NO4S2. The van der Waals surface area contributed by atoms with Gasteiger partial charge in [0.25, 0.3) is 0 Å². The molecule has 1 rings (SSSR count). The van der Waals surface area contributed by atoms with Crippen molar-refractivity contribution in [1.82, 2.24) is 4.72 Å². The number of ether oxygens (including phenoxy) is 1. The number of rotatable bonds is 4. The van der Waals surface area contributed by atoms with Gasteiger partial charge in [-0.3, -0.25) is 4.72 Å². The zero-order valence-corrected chi connectivity index (χ0v) is 9.72. The Bertz CT molecular complexity index is 358. The Morgan fingerprint density at radius 2 is 2.00 bits per heavy atom. The molecule has 16 heavy (non-hydrogen) atoms. The van der Waals surface area contributed by atoms with Crippen molar-refractivity contribution in [3.05, 3.63) is 35.9 Å². The summed E-state index contributed by atoms with van der Waals surface area (Å²) in [4.78, 5) is 20.7. The molecule has 0 aliphatic heterocycles. The van der Waals surface area contributed by atoms with Gasteiger partial charge >= 0.3 is 12.2 Å². The zero-order chi connectivity index (χ0) is 11.8. The lowest BCUT2D eigenvalue weighted by molar-refractivity contribution is 0.113. The molecule has 0 aliphatic carbocycles. The molecule has 0 saturated carbocycles. The Kier molecular flexibility index (Phi) is 5.58. The summed E-state index contributed by atoms with van der Waals surface area (Å²) in [5.74, 6) is 0.707. The summed E-state index contributed by atoms with van der Waals surface area (Å²) in [6.45, 7) is 0. The molecule has 1 amide bonds. The van der Waals surface area contributed by atoms with Gasteiger partial charge in [-0.05, 0) is 5.56 Å². The van der Waals surface area contributed by atoms with Crippen LogP contribution >= 0.6 is 21.8 Å². The van der Waals surface area contributed by atoms with Gasteiger partial charge in [0.05, 0.1) is 0 Å². The SMILES string of the molecule is O=C(O)OC(=O)NSSCc1ccccc1. The Hall–Kier alpha value is -1.34. The number of benzene rings is 1. The van der Waals surface area contributed by atoms with E-state index in [4.69, 9.17) is 5.11 Å². The molecule has 0 fully saturated rings. The standard InChI is InChI=1S/C9H9NO4S2/c11-8(14-9(12)13)10-16-15-6-7-4-2-1-3-5-7/h1-5H,6H2,(H,10,11)(H,12,13). The van der Waals surface area contributed by atoms with Crippen LogP contribution in [0.4, 0.5) is 9.59 Å². The molecule has 0 saturated heterocycles. The van der Waals surface area contributed by atoms with Crippen LogP contribution in [0, 0.1) is 0 Å². The summed E-state index contributed by atoms with van der Waals surface area (Å²) < 4.78 is 6.06. The van der Waals surface area contributed by atoms with Crippen molar-refractivity contribution in [1.29, 1.82) is 0 Å². The maximum Gasteiger partial charge on any atom is 0.514 e. The molecule has 1 aromatic carbocycles. The molecule has 0 bridgehead atoms. The smallest absolute Gasteiger partial charge is 0.449 e. The van der Waals surface area contributed by atoms with Crippen LogP contribution in [-0.4, -0.2) is 17.4 Å². The van der Waals surface area contributed by atoms with Crippen LogP contribution in [0.15, 0.2) is 30.3 Å². The van der Waals surface area contributed by atoms with Gasteiger partial charge < -0.3 is 9.84 Å². The molecule has 0 heterocycles. The quantitative estimate of drug-likeness (QED) is 0.285. The average Bonchev–Trinajstić information content (AvgIpc) is 2.25. The second-order valence-corrected chi connectivity index (χ2v) is 4.69. The fraction of sp³-hybridized carbons (Fsp3) is 0.111. The second kappa shape index (κ2) is 7.02. The van der Waals surface area contributed by atoms with Crippen molar-refractivity contribution >= 4 is 34.0 Å². The maximum absolute atomic E-state index is 10.7. The third-order valence-electron chi connectivity index (χ3n) is 1.43. The molecule has 86 valence electrons. The van der Waals surface area contributed by atoms with Crippen molar-refractivity contribution < 1.29 is 19.4 Å². The molecule has 0 spiro atoms. The van der Waals surface area contributed by atoms with Crippen molar-refractivity contribution in [2.45, 2.75) is 5.75 Å². The minimum absolute atomic E-state index is 0.707. The predicted molar refractivity (Wildman–Crippen MR) is 63.0 cm³/mol. The highest BCUT2D eigenvalue weighted by Crippen LogP contribution is 2.22. The van der Waals surface area contributed by atoms with Gasteiger partial charge in [0, 0.05) is 16.7 Å². The Balaban J connectivity index is 2.13. The highest BCUT2D eigenvalue weighted by atomic mass is 33.1. The minimum Gasteiger partial charge on any atom is -0.449 e. The molecule has 2 N–H and O–H groups in total. The first-order valence-corrected chi connectivity index (χ1v) is 6.53. The van der Waals surface area contributed by atoms with E-state index in [1.807, 2.05) is 30.3 Å². The molecule has 0 aliphatic rings. The molecule has 0 unspecified atom stereocenters. The lowest BCUT2D eigenvalue weighted by atomic mass is 10.2. The van der Waals surface area contributed by atoms with E-state index in [-0.39, 0.29) is 0 Å². The van der Waals surface area contributed by atoms with Crippen LogP contribution in [0.1, 0.15) is 5.56 Å². The lowest BCUT2D eigenvalue weighted by Crippen LogP contribution is -2.19. The Labute approximate surface area is 100 Å². The van der Waals surface area contributed by atoms with Gasteiger partial charge in [0.2, 0.25) is 0 Å². The van der Waals surface area contributed by atoms with Crippen LogP contribution in [0.25, 0.3) is 0 Å². The zero-order valence-electron chi connectivity index (χ0n) is 8.08. The summed E-state index contributed by atoms with van der Waals surface area (Å²) in [6.07, 6.45) is -2.61. The highest BCUT2D eigenvalue weighted by Gasteiger charge is 2.07. The number of hydrogen-bond donors (Lipinski definition) is 2. The maximum atomic E-state index is 10.7. The summed E-state index contributed by atoms with van der Waals surface area (Å²) in [5, 5.41) is 8.12. The van der Waals surface area contributed by atoms with Crippen molar-refractivity contribution in [2.24, 2.45) is 0 Å². The largest absolute Gasteiger partial charge is 0.514 e. The molecular weight excluding hydrogens is 250 g/mol. The fourth-order valence-corrected chi connectivity index (χ4v) is 2.36. The summed E-state index contributed by atoms with van der Waals surface area (Å²) in [7, 11) is 2.40. The van der Waals surface area contributed by atoms with E-state index in [0.717, 1.165) is 16.5 Å². The Morgan fingerprint density at radius 1 is 1.31 bits per heavy atom. The topological polar surface area (TPSA) is 75.6 Å². The van der Waals surface area contributed by atoms with Gasteiger partial charge in [-0.25, -0.2) is 9.59 Å². The highest BCUT2D eigenvalue weighted by molar-refractivity contribution is 8.75. The van der Waals surface area contributed by atoms with E-state index >= 15 is 0 Å². The Morgan fingerprint density at radius 3 is 2.62 bits per heavy atom. The van der Waals surface area contributed by atoms with Crippen LogP contribution < -0.4 is 4.72 Å². The number of hydrogen-bond acceptors (Lipinski definition) is 5. The molecule has 7 heteroatoms. The molecule has 0 radical (unpaired) electrons. The molecule has 5 nitrogen and oxygen atoms in total. The second-order valence-electron chi connectivity index (χ2n) is 2.59. The first-order valence-electron chi connectivity index (χ1n) is 4.21. The van der Waals surface area contributed by atoms with E-state index in [9.17, 15) is 9.59 Å². The fourth-order valence-electron chi connectivity index (χ4n) is 0.835. The van der Waals surface area contributed by atoms with Crippen molar-refractivity contribution in [3.63, 3.8) is 0 Å². The number of amides is 1. The van der Waals surface area contributed by atoms with Gasteiger partial charge in [-0.2, -0.15) is 0 Å². The molecule has 0 aromatic heterocycles. The number of carboxylic acid groups (broad SMARTS) is 1. The minimum atomic E-state index is -1.62. The third kappa shape index (κ3) is 5.52. The predicted octanol–water partition coefficient (Wildman–Crippen LogP) is 2.89. The van der Waals surface area contributed by atoms with Crippen LogP contribution in [0.2, 0.25) is 0 Å². The molecule has 1 aromatic rings. The van der Waals surface area contributed by atoms with Crippen molar-refractivity contribution in [2.75, 3.05) is 0 Å². The number of nitrogens with one attached hydrogen (secondary N) is 1. The molecule has 0 atom stereocenters. The van der Waals surface area contributed by atoms with Crippen LogP contribution in [-0.2, 0) is 10.5 Å². The van der Waals surface area contributed by atoms with E-state index in [0.29, 0.717) is 5.75 Å². The summed E-state index contributed by atoms with van der Waals surface area (Å²) in [5.41, 5.74) is 1.12. The van der Waals surface area contributed by atoms with E-state index < -0.39 is 12.2 Å². The lowest BCUT2D eigenvalue weighted by Gasteiger charge is -2.01. The normalized spacial score (nSPS) is 9.50. The summed E-state index contributed by atoms with van der Waals surface area (Å²) in [6, 6.07) is 9.69. The van der Waals surface area contributed by atoms with Crippen LogP contribution in [0.3, 0.4) is 0 Å². The van der Waals surface area contributed by atoms with Gasteiger partial charge in [0.15, 0.2) is 0 Å².